The number of aromatic carboxylic acids is 1. The summed E-state index contributed by atoms with van der Waals surface area (Å²) >= 11 is 0. The third-order valence-corrected chi connectivity index (χ3v) is 4.93. The second-order valence-corrected chi connectivity index (χ2v) is 6.85. The van der Waals surface area contributed by atoms with E-state index in [1.54, 1.807) is 6.07 Å². The molecule has 0 saturated carbocycles. The summed E-state index contributed by atoms with van der Waals surface area (Å²) in [5, 5.41) is 9.47. The van der Waals surface area contributed by atoms with Gasteiger partial charge in [-0.25, -0.2) is 4.79 Å². The van der Waals surface area contributed by atoms with Crippen molar-refractivity contribution in [1.29, 1.82) is 0 Å². The minimum absolute atomic E-state index is 0.356. The van der Waals surface area contributed by atoms with Crippen molar-refractivity contribution in [3.05, 3.63) is 82.2 Å². The summed E-state index contributed by atoms with van der Waals surface area (Å²) in [5.41, 5.74) is 8.31. The second kappa shape index (κ2) is 5.99. The van der Waals surface area contributed by atoms with Crippen molar-refractivity contribution in [2.45, 2.75) is 27.2 Å². The van der Waals surface area contributed by atoms with Gasteiger partial charge in [-0.05, 0) is 73.9 Å². The minimum Gasteiger partial charge on any atom is -0.478 e. The number of carboxylic acids is 1. The predicted octanol–water partition coefficient (Wildman–Crippen LogP) is 4.78. The van der Waals surface area contributed by atoms with Gasteiger partial charge in [-0.1, -0.05) is 12.1 Å². The van der Waals surface area contributed by atoms with E-state index in [2.05, 4.69) is 54.8 Å². The molecule has 2 aromatic carbocycles. The summed E-state index contributed by atoms with van der Waals surface area (Å²) in [4.78, 5) is 16.2. The van der Waals surface area contributed by atoms with Crippen molar-refractivity contribution in [2.24, 2.45) is 4.99 Å². The Balaban J connectivity index is 1.69. The molecule has 0 aliphatic carbocycles. The van der Waals surface area contributed by atoms with Crippen molar-refractivity contribution in [3.63, 3.8) is 0 Å². The van der Waals surface area contributed by atoms with E-state index < -0.39 is 5.97 Å². The third-order valence-electron chi connectivity index (χ3n) is 4.93. The molecule has 0 saturated heterocycles. The zero-order valence-electron chi connectivity index (χ0n) is 15.1. The molecule has 0 bridgehead atoms. The van der Waals surface area contributed by atoms with Gasteiger partial charge in [0.05, 0.1) is 17.0 Å². The monoisotopic (exact) mass is 344 g/mol. The molecule has 1 aromatic heterocycles. The molecule has 0 fully saturated rings. The molecule has 130 valence electrons. The Kier molecular flexibility index (Phi) is 3.76. The van der Waals surface area contributed by atoms with E-state index in [0.717, 1.165) is 33.8 Å². The minimum atomic E-state index is -0.893. The lowest BCUT2D eigenvalue weighted by Gasteiger charge is -2.10. The first-order valence-electron chi connectivity index (χ1n) is 8.64. The van der Waals surface area contributed by atoms with Crippen LogP contribution < -0.4 is 0 Å². The Hall–Kier alpha value is -3.14. The maximum Gasteiger partial charge on any atom is 0.336 e. The van der Waals surface area contributed by atoms with Crippen molar-refractivity contribution < 1.29 is 9.90 Å². The molecular weight excluding hydrogens is 324 g/mol. The third kappa shape index (κ3) is 2.64. The predicted molar refractivity (Wildman–Crippen MR) is 103 cm³/mol. The quantitative estimate of drug-likeness (QED) is 0.743. The lowest BCUT2D eigenvalue weighted by Crippen LogP contribution is -2.06. The number of aryl methyl sites for hydroxylation is 3. The number of nitrogens with zero attached hydrogens (tertiary/aromatic N) is 2. The lowest BCUT2D eigenvalue weighted by atomic mass is 9.98. The first kappa shape index (κ1) is 16.3. The molecule has 3 aromatic rings. The van der Waals surface area contributed by atoms with E-state index in [0.29, 0.717) is 12.0 Å². The molecule has 0 amide bonds. The fourth-order valence-corrected chi connectivity index (χ4v) is 3.67. The first-order valence-corrected chi connectivity index (χ1v) is 8.64. The largest absolute Gasteiger partial charge is 0.478 e. The number of hydrogen-bond acceptors (Lipinski definition) is 2. The smallest absolute Gasteiger partial charge is 0.336 e. The van der Waals surface area contributed by atoms with Crippen LogP contribution in [0.15, 0.2) is 53.5 Å². The molecule has 0 spiro atoms. The SMILES string of the molecule is Cc1cc2c(c(C(=O)O)c1)CC(c1ccc(-n3c(C)ccc3C)cc1)=N2. The van der Waals surface area contributed by atoms with Crippen LogP contribution in [0, 0.1) is 20.8 Å². The average molecular weight is 344 g/mol. The molecule has 0 unspecified atom stereocenters. The summed E-state index contributed by atoms with van der Waals surface area (Å²) in [6.07, 6.45) is 0.554. The van der Waals surface area contributed by atoms with E-state index in [9.17, 15) is 9.90 Å². The zero-order chi connectivity index (χ0) is 18.4. The standard InChI is InChI=1S/C22H20N2O2/c1-13-10-19(22(25)26)18-12-20(23-21(18)11-13)16-6-8-17(9-7-16)24-14(2)4-5-15(24)3/h4-11H,12H2,1-3H3,(H,25,26). The van der Waals surface area contributed by atoms with Crippen molar-refractivity contribution in [3.8, 4) is 5.69 Å². The van der Waals surface area contributed by atoms with Gasteiger partial charge in [0.2, 0.25) is 0 Å². The molecule has 0 atom stereocenters. The number of hydrogen-bond donors (Lipinski definition) is 1. The van der Waals surface area contributed by atoms with Gasteiger partial charge in [0.25, 0.3) is 0 Å². The number of carboxylic acid groups (broad SMARTS) is 1. The van der Waals surface area contributed by atoms with Crippen LogP contribution in [0.25, 0.3) is 5.69 Å². The maximum absolute atomic E-state index is 11.5. The Morgan fingerprint density at radius 2 is 1.65 bits per heavy atom. The summed E-state index contributed by atoms with van der Waals surface area (Å²) in [6, 6.07) is 16.2. The van der Waals surface area contributed by atoms with Crippen LogP contribution in [0.2, 0.25) is 0 Å². The van der Waals surface area contributed by atoms with Crippen LogP contribution in [0.1, 0.15) is 38.4 Å². The highest BCUT2D eigenvalue weighted by Gasteiger charge is 2.23. The molecule has 1 aliphatic rings. The topological polar surface area (TPSA) is 54.6 Å². The Bertz CT molecular complexity index is 1040. The van der Waals surface area contributed by atoms with Gasteiger partial charge >= 0.3 is 5.97 Å². The summed E-state index contributed by atoms with van der Waals surface area (Å²) in [6.45, 7) is 6.08. The van der Waals surface area contributed by atoms with Crippen LogP contribution in [0.5, 0.6) is 0 Å². The second-order valence-electron chi connectivity index (χ2n) is 6.85. The van der Waals surface area contributed by atoms with Crippen LogP contribution >= 0.6 is 0 Å². The lowest BCUT2D eigenvalue weighted by molar-refractivity contribution is 0.0696. The molecule has 4 rings (SSSR count). The van der Waals surface area contributed by atoms with Gasteiger partial charge in [-0.3, -0.25) is 4.99 Å². The van der Waals surface area contributed by atoms with Gasteiger partial charge < -0.3 is 9.67 Å². The maximum atomic E-state index is 11.5. The average Bonchev–Trinajstić information content (AvgIpc) is 3.17. The van der Waals surface area contributed by atoms with Crippen molar-refractivity contribution in [2.75, 3.05) is 0 Å². The van der Waals surface area contributed by atoms with E-state index in [4.69, 9.17) is 4.99 Å². The Morgan fingerprint density at radius 1 is 1.00 bits per heavy atom. The van der Waals surface area contributed by atoms with Gasteiger partial charge in [0.1, 0.15) is 0 Å². The van der Waals surface area contributed by atoms with Crippen LogP contribution in [0.3, 0.4) is 0 Å². The van der Waals surface area contributed by atoms with E-state index >= 15 is 0 Å². The van der Waals surface area contributed by atoms with E-state index in [1.165, 1.54) is 11.4 Å². The zero-order valence-corrected chi connectivity index (χ0v) is 15.1. The number of aromatic nitrogens is 1. The number of rotatable bonds is 3. The fourth-order valence-electron chi connectivity index (χ4n) is 3.67. The normalized spacial score (nSPS) is 12.8. The van der Waals surface area contributed by atoms with Gasteiger partial charge in [-0.15, -0.1) is 0 Å². The number of fused-ring (bicyclic) bond motifs is 1. The summed E-state index contributed by atoms with van der Waals surface area (Å²) < 4.78 is 2.21. The highest BCUT2D eigenvalue weighted by Crippen LogP contribution is 2.33. The highest BCUT2D eigenvalue weighted by molar-refractivity contribution is 6.08. The van der Waals surface area contributed by atoms with Crippen LogP contribution in [-0.4, -0.2) is 21.4 Å². The van der Waals surface area contributed by atoms with Gasteiger partial charge in [0.15, 0.2) is 0 Å². The number of carbonyl (C=O) groups is 1. The molecule has 0 radical (unpaired) electrons. The van der Waals surface area contributed by atoms with Gasteiger partial charge in [0, 0.05) is 23.5 Å². The molecule has 26 heavy (non-hydrogen) atoms. The molecule has 2 heterocycles. The van der Waals surface area contributed by atoms with Crippen molar-refractivity contribution in [1.82, 2.24) is 4.57 Å². The number of benzene rings is 2. The Morgan fingerprint density at radius 3 is 2.27 bits per heavy atom. The molecule has 1 N–H and O–H groups in total. The van der Waals surface area contributed by atoms with Crippen LogP contribution in [-0.2, 0) is 6.42 Å². The molecule has 1 aliphatic heterocycles. The molecule has 4 heteroatoms. The summed E-state index contributed by atoms with van der Waals surface area (Å²) in [7, 11) is 0. The van der Waals surface area contributed by atoms with E-state index in [-0.39, 0.29) is 0 Å². The fraction of sp³-hybridized carbons (Fsp3) is 0.182. The molecular formula is C22H20N2O2. The van der Waals surface area contributed by atoms with Gasteiger partial charge in [-0.2, -0.15) is 0 Å². The summed E-state index contributed by atoms with van der Waals surface area (Å²) in [5.74, 6) is -0.893. The number of aliphatic imine (C=N–C) groups is 1. The highest BCUT2D eigenvalue weighted by atomic mass is 16.4. The molecule has 4 nitrogen and oxygen atoms in total. The Labute approximate surface area is 152 Å². The van der Waals surface area contributed by atoms with E-state index in [1.807, 2.05) is 13.0 Å². The van der Waals surface area contributed by atoms with Crippen molar-refractivity contribution >= 4 is 17.4 Å². The van der Waals surface area contributed by atoms with Crippen LogP contribution in [0.4, 0.5) is 5.69 Å². The first-order chi connectivity index (χ1) is 12.4.